The number of fused-ring (bicyclic) bond motifs is 5. The van der Waals surface area contributed by atoms with Gasteiger partial charge >= 0.3 is 0 Å². The molecule has 2 bridgehead atoms. The summed E-state index contributed by atoms with van der Waals surface area (Å²) in [5.41, 5.74) is 6.70. The van der Waals surface area contributed by atoms with Gasteiger partial charge in [-0.25, -0.2) is 0 Å². The van der Waals surface area contributed by atoms with Crippen molar-refractivity contribution in [3.8, 4) is 0 Å². The SMILES string of the molecule is CCCC(CCC)=C1C2C=CC1[C@@H]1C(=O)N(CC[NH3+])C(=O)[C@H]21. The van der Waals surface area contributed by atoms with Gasteiger partial charge in [0.05, 0.1) is 24.9 Å². The molecule has 2 aliphatic carbocycles. The van der Waals surface area contributed by atoms with Gasteiger partial charge in [0.25, 0.3) is 0 Å². The van der Waals surface area contributed by atoms with E-state index in [4.69, 9.17) is 0 Å². The predicted octanol–water partition coefficient (Wildman–Crippen LogP) is 1.54. The second-order valence-corrected chi connectivity index (χ2v) is 6.73. The number of carbonyl (C=O) groups is 2. The van der Waals surface area contributed by atoms with Crippen molar-refractivity contribution >= 4 is 11.8 Å². The average Bonchev–Trinajstić information content (AvgIpc) is 3.13. The zero-order valence-electron chi connectivity index (χ0n) is 13.7. The maximum absolute atomic E-state index is 12.7. The molecule has 0 aromatic heterocycles. The van der Waals surface area contributed by atoms with E-state index in [0.29, 0.717) is 13.1 Å². The highest BCUT2D eigenvalue weighted by Gasteiger charge is 2.61. The lowest BCUT2D eigenvalue weighted by Crippen LogP contribution is -2.56. The van der Waals surface area contributed by atoms with Crippen LogP contribution in [0.1, 0.15) is 39.5 Å². The summed E-state index contributed by atoms with van der Waals surface area (Å²) in [4.78, 5) is 26.8. The van der Waals surface area contributed by atoms with Crippen LogP contribution in [0.25, 0.3) is 0 Å². The fraction of sp³-hybridized carbons (Fsp3) is 0.667. The largest absolute Gasteiger partial charge is 0.356 e. The van der Waals surface area contributed by atoms with E-state index in [0.717, 1.165) is 25.7 Å². The first-order valence-corrected chi connectivity index (χ1v) is 8.70. The molecule has 4 atom stereocenters. The van der Waals surface area contributed by atoms with Gasteiger partial charge in [0.2, 0.25) is 11.8 Å². The maximum Gasteiger partial charge on any atom is 0.234 e. The van der Waals surface area contributed by atoms with Crippen molar-refractivity contribution in [2.24, 2.45) is 23.7 Å². The minimum atomic E-state index is -0.132. The van der Waals surface area contributed by atoms with Crippen molar-refractivity contribution in [3.05, 3.63) is 23.3 Å². The fourth-order valence-corrected chi connectivity index (χ4v) is 4.69. The van der Waals surface area contributed by atoms with E-state index < -0.39 is 0 Å². The van der Waals surface area contributed by atoms with Crippen LogP contribution in [0.15, 0.2) is 23.3 Å². The Labute approximate surface area is 132 Å². The zero-order chi connectivity index (χ0) is 15.9. The summed E-state index contributed by atoms with van der Waals surface area (Å²) in [6.07, 6.45) is 8.83. The van der Waals surface area contributed by atoms with Crippen LogP contribution in [0.2, 0.25) is 0 Å². The highest BCUT2D eigenvalue weighted by molar-refractivity contribution is 6.07. The molecule has 2 fully saturated rings. The van der Waals surface area contributed by atoms with Gasteiger partial charge in [-0.2, -0.15) is 0 Å². The molecule has 3 rings (SSSR count). The van der Waals surface area contributed by atoms with Gasteiger partial charge in [-0.1, -0.05) is 50.0 Å². The Hall–Kier alpha value is -1.42. The number of imide groups is 1. The van der Waals surface area contributed by atoms with E-state index in [1.165, 1.54) is 16.0 Å². The molecule has 0 radical (unpaired) electrons. The lowest BCUT2D eigenvalue weighted by atomic mass is 9.85. The minimum absolute atomic E-state index is 0.0420. The lowest BCUT2D eigenvalue weighted by molar-refractivity contribution is -0.367. The summed E-state index contributed by atoms with van der Waals surface area (Å²) in [7, 11) is 0. The Bertz CT molecular complexity index is 507. The van der Waals surface area contributed by atoms with Gasteiger partial charge in [-0.15, -0.1) is 0 Å². The fourth-order valence-electron chi connectivity index (χ4n) is 4.69. The van der Waals surface area contributed by atoms with Gasteiger partial charge in [-0.3, -0.25) is 14.5 Å². The van der Waals surface area contributed by atoms with Gasteiger partial charge in [0, 0.05) is 11.8 Å². The summed E-state index contributed by atoms with van der Waals surface area (Å²) in [5, 5.41) is 0. The predicted molar refractivity (Wildman–Crippen MR) is 84.4 cm³/mol. The quantitative estimate of drug-likeness (QED) is 0.597. The molecule has 120 valence electrons. The third-order valence-corrected chi connectivity index (χ3v) is 5.40. The number of hydrogen-bond acceptors (Lipinski definition) is 2. The molecule has 4 nitrogen and oxygen atoms in total. The van der Waals surface area contributed by atoms with Crippen LogP contribution in [-0.4, -0.2) is 29.8 Å². The number of carbonyl (C=O) groups excluding carboxylic acids is 2. The van der Waals surface area contributed by atoms with Gasteiger partial charge < -0.3 is 5.73 Å². The zero-order valence-corrected chi connectivity index (χ0v) is 13.7. The molecule has 2 amide bonds. The minimum Gasteiger partial charge on any atom is -0.356 e. The monoisotopic (exact) mass is 303 g/mol. The Morgan fingerprint density at radius 1 is 1.05 bits per heavy atom. The third kappa shape index (κ3) is 2.08. The van der Waals surface area contributed by atoms with Crippen molar-refractivity contribution < 1.29 is 15.3 Å². The second-order valence-electron chi connectivity index (χ2n) is 6.73. The molecule has 3 aliphatic rings. The number of quaternary nitrogens is 1. The number of rotatable bonds is 6. The van der Waals surface area contributed by atoms with Crippen LogP contribution in [-0.2, 0) is 9.59 Å². The molecule has 1 heterocycles. The van der Waals surface area contributed by atoms with Crippen LogP contribution in [0.3, 0.4) is 0 Å². The Balaban J connectivity index is 1.96. The van der Waals surface area contributed by atoms with Gasteiger partial charge in [0.1, 0.15) is 0 Å². The summed E-state index contributed by atoms with van der Waals surface area (Å²) < 4.78 is 0. The average molecular weight is 303 g/mol. The smallest absolute Gasteiger partial charge is 0.234 e. The Morgan fingerprint density at radius 2 is 1.55 bits per heavy atom. The molecule has 22 heavy (non-hydrogen) atoms. The van der Waals surface area contributed by atoms with Crippen molar-refractivity contribution in [3.63, 3.8) is 0 Å². The van der Waals surface area contributed by atoms with Gasteiger partial charge in [-0.05, 0) is 12.8 Å². The van der Waals surface area contributed by atoms with Crippen LogP contribution in [0.4, 0.5) is 0 Å². The van der Waals surface area contributed by atoms with Crippen LogP contribution in [0.5, 0.6) is 0 Å². The molecular weight excluding hydrogens is 276 g/mol. The van der Waals surface area contributed by atoms with Crippen LogP contribution < -0.4 is 5.73 Å². The first-order valence-electron chi connectivity index (χ1n) is 8.70. The second kappa shape index (κ2) is 5.99. The molecule has 0 aromatic rings. The van der Waals surface area contributed by atoms with Crippen molar-refractivity contribution in [1.82, 2.24) is 4.90 Å². The molecule has 4 heteroatoms. The molecule has 2 unspecified atom stereocenters. The number of amides is 2. The van der Waals surface area contributed by atoms with Crippen LogP contribution >= 0.6 is 0 Å². The normalized spacial score (nSPS) is 32.3. The molecule has 1 aliphatic heterocycles. The topological polar surface area (TPSA) is 65.0 Å². The number of nitrogens with zero attached hydrogens (tertiary/aromatic N) is 1. The van der Waals surface area contributed by atoms with Gasteiger partial charge in [0.15, 0.2) is 0 Å². The van der Waals surface area contributed by atoms with Crippen molar-refractivity contribution in [2.45, 2.75) is 39.5 Å². The molecule has 3 N–H and O–H groups in total. The maximum atomic E-state index is 12.7. The Kier molecular flexibility index (Phi) is 4.22. The van der Waals surface area contributed by atoms with E-state index in [9.17, 15) is 9.59 Å². The van der Waals surface area contributed by atoms with Crippen LogP contribution in [0, 0.1) is 23.7 Å². The molecule has 1 saturated carbocycles. The third-order valence-electron chi connectivity index (χ3n) is 5.40. The highest BCUT2D eigenvalue weighted by Crippen LogP contribution is 2.57. The molecule has 0 spiro atoms. The highest BCUT2D eigenvalue weighted by atomic mass is 16.2. The number of allylic oxidation sites excluding steroid dienone is 4. The number of hydrogen-bond donors (Lipinski definition) is 1. The standard InChI is InChI=1S/C18H26N2O2/c1-3-5-11(6-4-2)14-12-7-8-13(14)16-15(12)17(21)20(10-9-19)18(16)22/h7-8,12-13,15-16H,3-6,9-10,19H2,1-2H3/p+1/t12?,13?,15-,16+. The number of likely N-dealkylation sites (tertiary alicyclic amines) is 1. The van der Waals surface area contributed by atoms with Crippen molar-refractivity contribution in [1.29, 1.82) is 0 Å². The first-order chi connectivity index (χ1) is 10.7. The Morgan fingerprint density at radius 3 is 1.95 bits per heavy atom. The lowest BCUT2D eigenvalue weighted by Gasteiger charge is -2.20. The summed E-state index contributed by atoms with van der Waals surface area (Å²) in [6, 6.07) is 0. The first kappa shape index (κ1) is 15.5. The van der Waals surface area contributed by atoms with E-state index >= 15 is 0 Å². The summed E-state index contributed by atoms with van der Waals surface area (Å²) in [6.45, 7) is 5.47. The summed E-state index contributed by atoms with van der Waals surface area (Å²) in [5.74, 6) is 0.171. The summed E-state index contributed by atoms with van der Waals surface area (Å²) >= 11 is 0. The molecule has 0 aromatic carbocycles. The van der Waals surface area contributed by atoms with E-state index in [2.05, 4.69) is 31.7 Å². The van der Waals surface area contributed by atoms with E-state index in [1.807, 2.05) is 0 Å². The molecule has 1 saturated heterocycles. The molecular formula is C18H27N2O2+. The van der Waals surface area contributed by atoms with E-state index in [1.54, 1.807) is 0 Å². The van der Waals surface area contributed by atoms with Crippen molar-refractivity contribution in [2.75, 3.05) is 13.1 Å². The van der Waals surface area contributed by atoms with E-state index in [-0.39, 0.29) is 35.5 Å².